The van der Waals surface area contributed by atoms with Gasteiger partial charge < -0.3 is 24.5 Å². The smallest absolute Gasteiger partial charge is 0.130 e. The van der Waals surface area contributed by atoms with Crippen molar-refractivity contribution in [1.29, 1.82) is 0 Å². The second-order valence-corrected chi connectivity index (χ2v) is 7.12. The van der Waals surface area contributed by atoms with Crippen LogP contribution in [-0.4, -0.2) is 34.6 Å². The molecule has 5 nitrogen and oxygen atoms in total. The van der Waals surface area contributed by atoms with Gasteiger partial charge in [0.2, 0.25) is 0 Å². The minimum absolute atomic E-state index is 0.127. The predicted octanol–water partition coefficient (Wildman–Crippen LogP) is 4.65. The van der Waals surface area contributed by atoms with E-state index in [1.54, 1.807) is 12.1 Å². The van der Waals surface area contributed by atoms with Crippen molar-refractivity contribution in [3.8, 4) is 5.75 Å². The van der Waals surface area contributed by atoms with Gasteiger partial charge in [0.25, 0.3) is 0 Å². The molecule has 2 rings (SSSR count). The summed E-state index contributed by atoms with van der Waals surface area (Å²) in [5.41, 5.74) is 2.40. The lowest BCUT2D eigenvalue weighted by Gasteiger charge is -2.19. The van der Waals surface area contributed by atoms with Crippen LogP contribution in [-0.2, 0) is 6.61 Å². The highest BCUT2D eigenvalue weighted by atomic mass is 16.5. The molecule has 0 bridgehead atoms. The van der Waals surface area contributed by atoms with Crippen molar-refractivity contribution in [2.45, 2.75) is 45.3 Å². The number of benzene rings is 1. The quantitative estimate of drug-likeness (QED) is 0.417. The molecule has 1 atom stereocenters. The summed E-state index contributed by atoms with van der Waals surface area (Å²) >= 11 is 0. The van der Waals surface area contributed by atoms with E-state index >= 15 is 0 Å². The SMILES string of the molecule is C=C(COc1ccccc1)/C(=C/CO)C(O)CC/C(=C/c1ccc(CO)o1)CCC. The van der Waals surface area contributed by atoms with Crippen molar-refractivity contribution in [3.63, 3.8) is 0 Å². The van der Waals surface area contributed by atoms with E-state index in [9.17, 15) is 10.2 Å². The average Bonchev–Trinajstić information content (AvgIpc) is 3.22. The maximum atomic E-state index is 10.8. The van der Waals surface area contributed by atoms with Gasteiger partial charge in [-0.1, -0.05) is 49.8 Å². The second kappa shape index (κ2) is 12.9. The number of ether oxygens (including phenoxy) is 1. The Balaban J connectivity index is 1.98. The summed E-state index contributed by atoms with van der Waals surface area (Å²) in [5, 5.41) is 29.3. The first-order valence-electron chi connectivity index (χ1n) is 10.3. The van der Waals surface area contributed by atoms with Crippen LogP contribution < -0.4 is 4.74 Å². The molecule has 2 aromatic rings. The fourth-order valence-electron chi connectivity index (χ4n) is 3.21. The molecule has 0 aliphatic carbocycles. The average molecular weight is 413 g/mol. The summed E-state index contributed by atoms with van der Waals surface area (Å²) in [5.74, 6) is 1.95. The van der Waals surface area contributed by atoms with Gasteiger partial charge in [-0.2, -0.15) is 0 Å². The van der Waals surface area contributed by atoms with Crippen LogP contribution in [0.2, 0.25) is 0 Å². The zero-order chi connectivity index (χ0) is 21.8. The molecule has 5 heteroatoms. The van der Waals surface area contributed by atoms with Gasteiger partial charge in [0, 0.05) is 0 Å². The number of hydrogen-bond donors (Lipinski definition) is 3. The number of rotatable bonds is 13. The minimum Gasteiger partial charge on any atom is -0.489 e. The monoisotopic (exact) mass is 412 g/mol. The summed E-state index contributed by atoms with van der Waals surface area (Å²) in [6.45, 7) is 6.07. The summed E-state index contributed by atoms with van der Waals surface area (Å²) in [6.07, 6.45) is 5.85. The van der Waals surface area contributed by atoms with Crippen molar-refractivity contribution in [3.05, 3.63) is 83.4 Å². The van der Waals surface area contributed by atoms with Gasteiger partial charge in [-0.3, -0.25) is 0 Å². The Labute approximate surface area is 178 Å². The summed E-state index contributed by atoms with van der Waals surface area (Å²) in [7, 11) is 0. The van der Waals surface area contributed by atoms with Crippen molar-refractivity contribution < 1.29 is 24.5 Å². The van der Waals surface area contributed by atoms with E-state index in [1.807, 2.05) is 42.5 Å². The molecule has 0 amide bonds. The Hall–Kier alpha value is -2.60. The molecular weight excluding hydrogens is 380 g/mol. The molecule has 0 saturated heterocycles. The number of hydrogen-bond acceptors (Lipinski definition) is 5. The Bertz CT molecular complexity index is 832. The van der Waals surface area contributed by atoms with E-state index in [4.69, 9.17) is 14.3 Å². The topological polar surface area (TPSA) is 83.1 Å². The van der Waals surface area contributed by atoms with Crippen LogP contribution in [0.3, 0.4) is 0 Å². The third-order valence-corrected chi connectivity index (χ3v) is 4.73. The van der Waals surface area contributed by atoms with E-state index in [0.29, 0.717) is 35.5 Å². The number of aliphatic hydroxyl groups excluding tert-OH is 3. The van der Waals surface area contributed by atoms with Gasteiger partial charge in [-0.05, 0) is 60.8 Å². The van der Waals surface area contributed by atoms with Gasteiger partial charge in [0.1, 0.15) is 30.5 Å². The molecular formula is C25H32O5. The first-order valence-corrected chi connectivity index (χ1v) is 10.3. The van der Waals surface area contributed by atoms with Crippen LogP contribution in [0.1, 0.15) is 44.1 Å². The predicted molar refractivity (Wildman–Crippen MR) is 119 cm³/mol. The number of para-hydroxylation sites is 1. The van der Waals surface area contributed by atoms with Crippen LogP contribution in [0.15, 0.2) is 76.3 Å². The van der Waals surface area contributed by atoms with Crippen LogP contribution in [0.25, 0.3) is 6.08 Å². The maximum absolute atomic E-state index is 10.8. The van der Waals surface area contributed by atoms with Gasteiger partial charge in [0.05, 0.1) is 12.7 Å². The van der Waals surface area contributed by atoms with Crippen molar-refractivity contribution in [2.24, 2.45) is 0 Å². The fourth-order valence-corrected chi connectivity index (χ4v) is 3.21. The minimum atomic E-state index is -0.756. The molecule has 1 heterocycles. The molecule has 0 radical (unpaired) electrons. The number of furan rings is 1. The largest absolute Gasteiger partial charge is 0.489 e. The zero-order valence-electron chi connectivity index (χ0n) is 17.6. The lowest BCUT2D eigenvalue weighted by Crippen LogP contribution is -2.16. The van der Waals surface area contributed by atoms with E-state index in [-0.39, 0.29) is 19.8 Å². The summed E-state index contributed by atoms with van der Waals surface area (Å²) in [4.78, 5) is 0. The van der Waals surface area contributed by atoms with Crippen molar-refractivity contribution in [2.75, 3.05) is 13.2 Å². The molecule has 0 aliphatic heterocycles. The number of allylic oxidation sites excluding steroid dienone is 1. The Morgan fingerprint density at radius 3 is 2.53 bits per heavy atom. The molecule has 0 saturated carbocycles. The van der Waals surface area contributed by atoms with Gasteiger partial charge in [-0.15, -0.1) is 0 Å². The first-order chi connectivity index (χ1) is 14.6. The molecule has 1 unspecified atom stereocenters. The second-order valence-electron chi connectivity index (χ2n) is 7.12. The standard InChI is InChI=1S/C25H32O5/c1-3-7-20(16-22-11-12-23(17-27)30-22)10-13-25(28)24(14-15-26)19(2)18-29-21-8-5-4-6-9-21/h4-6,8-9,11-12,14,16,25-28H,2-3,7,10,13,15,17-18H2,1H3/b20-16+,24-14-. The lowest BCUT2D eigenvalue weighted by molar-refractivity contribution is 0.198. The maximum Gasteiger partial charge on any atom is 0.130 e. The Morgan fingerprint density at radius 1 is 1.13 bits per heavy atom. The van der Waals surface area contributed by atoms with E-state index < -0.39 is 6.10 Å². The van der Waals surface area contributed by atoms with Crippen LogP contribution in [0.4, 0.5) is 0 Å². The molecule has 0 fully saturated rings. The third kappa shape index (κ3) is 7.67. The summed E-state index contributed by atoms with van der Waals surface area (Å²) < 4.78 is 11.3. The first kappa shape index (κ1) is 23.7. The van der Waals surface area contributed by atoms with Crippen molar-refractivity contribution in [1.82, 2.24) is 0 Å². The highest BCUT2D eigenvalue weighted by molar-refractivity contribution is 5.47. The van der Waals surface area contributed by atoms with Crippen LogP contribution in [0.5, 0.6) is 5.75 Å². The molecule has 30 heavy (non-hydrogen) atoms. The molecule has 162 valence electrons. The molecule has 3 N–H and O–H groups in total. The van der Waals surface area contributed by atoms with Gasteiger partial charge in [0.15, 0.2) is 0 Å². The van der Waals surface area contributed by atoms with E-state index in [2.05, 4.69) is 13.5 Å². The van der Waals surface area contributed by atoms with Crippen LogP contribution in [0, 0.1) is 0 Å². The number of aliphatic hydroxyl groups is 3. The summed E-state index contributed by atoms with van der Waals surface area (Å²) in [6, 6.07) is 13.0. The van der Waals surface area contributed by atoms with Gasteiger partial charge >= 0.3 is 0 Å². The zero-order valence-corrected chi connectivity index (χ0v) is 17.6. The molecule has 0 aliphatic rings. The highest BCUT2D eigenvalue weighted by Gasteiger charge is 2.15. The third-order valence-electron chi connectivity index (χ3n) is 4.73. The van der Waals surface area contributed by atoms with E-state index in [0.717, 1.165) is 24.2 Å². The fraction of sp³-hybridized carbons (Fsp3) is 0.360. The Morgan fingerprint density at radius 2 is 1.90 bits per heavy atom. The van der Waals surface area contributed by atoms with Crippen LogP contribution >= 0.6 is 0 Å². The van der Waals surface area contributed by atoms with Crippen molar-refractivity contribution >= 4 is 6.08 Å². The van der Waals surface area contributed by atoms with Gasteiger partial charge in [-0.25, -0.2) is 0 Å². The Kier molecular flexibility index (Phi) is 10.1. The lowest BCUT2D eigenvalue weighted by atomic mass is 9.94. The normalized spacial score (nSPS) is 13.3. The van der Waals surface area contributed by atoms with E-state index in [1.165, 1.54) is 0 Å². The molecule has 1 aromatic carbocycles. The molecule has 1 aromatic heterocycles. The molecule has 0 spiro atoms. The highest BCUT2D eigenvalue weighted by Crippen LogP contribution is 2.24.